The zero-order valence-corrected chi connectivity index (χ0v) is 10.6. The minimum absolute atomic E-state index is 0.246. The molecule has 2 aromatic rings. The molecular weight excluding hydrogens is 275 g/mol. The van der Waals surface area contributed by atoms with Gasteiger partial charge in [0.25, 0.3) is 0 Å². The first-order valence-corrected chi connectivity index (χ1v) is 6.03. The van der Waals surface area contributed by atoms with E-state index in [1.165, 1.54) is 6.33 Å². The van der Waals surface area contributed by atoms with Crippen LogP contribution in [-0.2, 0) is 11.3 Å². The van der Waals surface area contributed by atoms with E-state index >= 15 is 0 Å². The number of nitrogens with two attached hydrogens (primary N) is 1. The fourth-order valence-electron chi connectivity index (χ4n) is 1.69. The molecule has 2 heterocycles. The number of fused-ring (bicyclic) bond motifs is 1. The van der Waals surface area contributed by atoms with Crippen LogP contribution in [-0.4, -0.2) is 38.9 Å². The van der Waals surface area contributed by atoms with E-state index in [2.05, 4.69) is 15.0 Å². The average molecular weight is 289 g/mol. The molecule has 0 atom stereocenters. The van der Waals surface area contributed by atoms with Crippen molar-refractivity contribution in [3.05, 3.63) is 12.7 Å². The Bertz CT molecular complexity index is 569. The van der Waals surface area contributed by atoms with Gasteiger partial charge in [0.15, 0.2) is 11.5 Å². The number of nitrogen functional groups attached to an aromatic ring is 1. The van der Waals surface area contributed by atoms with Crippen LogP contribution in [0.5, 0.6) is 0 Å². The number of imidazole rings is 1. The Morgan fingerprint density at radius 2 is 2.00 bits per heavy atom. The third kappa shape index (κ3) is 3.80. The second-order valence-electron chi connectivity index (χ2n) is 4.20. The van der Waals surface area contributed by atoms with Crippen molar-refractivity contribution >= 4 is 17.0 Å². The maximum Gasteiger partial charge on any atom is 0.391 e. The molecule has 0 radical (unpaired) electrons. The Hall–Kier alpha value is -1.90. The van der Waals surface area contributed by atoms with Crippen molar-refractivity contribution in [1.82, 2.24) is 19.5 Å². The van der Waals surface area contributed by atoms with Gasteiger partial charge in [0.1, 0.15) is 11.8 Å². The summed E-state index contributed by atoms with van der Waals surface area (Å²) < 4.78 is 42.3. The SMILES string of the molecule is Nc1ncnc2c1ncn2CCCOCCC(F)(F)F. The summed E-state index contributed by atoms with van der Waals surface area (Å²) in [4.78, 5) is 12.0. The predicted octanol–water partition coefficient (Wildman–Crippen LogP) is 1.77. The summed E-state index contributed by atoms with van der Waals surface area (Å²) in [5.74, 6) is 0.301. The van der Waals surface area contributed by atoms with Crippen LogP contribution in [0.2, 0.25) is 0 Å². The molecule has 0 saturated heterocycles. The van der Waals surface area contributed by atoms with Gasteiger partial charge in [-0.2, -0.15) is 13.2 Å². The van der Waals surface area contributed by atoms with Crippen molar-refractivity contribution in [3.8, 4) is 0 Å². The van der Waals surface area contributed by atoms with Crippen LogP contribution in [0.15, 0.2) is 12.7 Å². The van der Waals surface area contributed by atoms with Crippen LogP contribution in [0.3, 0.4) is 0 Å². The van der Waals surface area contributed by atoms with Crippen molar-refractivity contribution in [3.63, 3.8) is 0 Å². The van der Waals surface area contributed by atoms with Crippen LogP contribution in [0, 0.1) is 0 Å². The molecule has 2 aromatic heterocycles. The fourth-order valence-corrected chi connectivity index (χ4v) is 1.69. The smallest absolute Gasteiger partial charge is 0.382 e. The maximum atomic E-state index is 11.9. The van der Waals surface area contributed by atoms with Gasteiger partial charge in [0.05, 0.1) is 19.4 Å². The number of aromatic nitrogens is 4. The first-order valence-electron chi connectivity index (χ1n) is 6.03. The monoisotopic (exact) mass is 289 g/mol. The van der Waals surface area contributed by atoms with Gasteiger partial charge in [-0.1, -0.05) is 0 Å². The van der Waals surface area contributed by atoms with Crippen molar-refractivity contribution in [1.29, 1.82) is 0 Å². The van der Waals surface area contributed by atoms with E-state index in [1.54, 1.807) is 10.9 Å². The Balaban J connectivity index is 1.78. The van der Waals surface area contributed by atoms with E-state index in [-0.39, 0.29) is 13.2 Å². The lowest BCUT2D eigenvalue weighted by Crippen LogP contribution is -2.12. The number of halogens is 3. The van der Waals surface area contributed by atoms with E-state index in [4.69, 9.17) is 10.5 Å². The second kappa shape index (κ2) is 6.04. The topological polar surface area (TPSA) is 78.9 Å². The molecule has 0 aliphatic rings. The van der Waals surface area contributed by atoms with E-state index in [1.807, 2.05) is 0 Å². The molecule has 20 heavy (non-hydrogen) atoms. The zero-order valence-electron chi connectivity index (χ0n) is 10.6. The van der Waals surface area contributed by atoms with E-state index in [9.17, 15) is 13.2 Å². The number of nitrogens with zero attached hydrogens (tertiary/aromatic N) is 4. The van der Waals surface area contributed by atoms with E-state index < -0.39 is 12.6 Å². The number of alkyl halides is 3. The molecule has 0 bridgehead atoms. The van der Waals surface area contributed by atoms with E-state index in [0.717, 1.165) is 0 Å². The number of aryl methyl sites for hydroxylation is 1. The van der Waals surface area contributed by atoms with Crippen molar-refractivity contribution in [2.45, 2.75) is 25.6 Å². The minimum atomic E-state index is -4.17. The van der Waals surface area contributed by atoms with Gasteiger partial charge in [-0.05, 0) is 6.42 Å². The predicted molar refractivity (Wildman–Crippen MR) is 65.8 cm³/mol. The lowest BCUT2D eigenvalue weighted by Gasteiger charge is -2.07. The first kappa shape index (κ1) is 14.5. The summed E-state index contributed by atoms with van der Waals surface area (Å²) in [6, 6.07) is 0. The molecule has 0 amide bonds. The molecule has 6 nitrogen and oxygen atoms in total. The maximum absolute atomic E-state index is 11.9. The molecule has 0 fully saturated rings. The number of rotatable bonds is 6. The number of hydrogen-bond donors (Lipinski definition) is 1. The average Bonchev–Trinajstić information content (AvgIpc) is 2.77. The third-order valence-corrected chi connectivity index (χ3v) is 2.65. The van der Waals surface area contributed by atoms with Crippen molar-refractivity contribution in [2.24, 2.45) is 0 Å². The standard InChI is InChI=1S/C11H14F3N5O/c12-11(13,14)2-5-20-4-1-3-19-7-18-8-9(15)16-6-17-10(8)19/h6-7H,1-5H2,(H2,15,16,17). The number of anilines is 1. The summed E-state index contributed by atoms with van der Waals surface area (Å²) in [7, 11) is 0. The molecule has 0 saturated carbocycles. The highest BCUT2D eigenvalue weighted by molar-refractivity contribution is 5.80. The molecule has 0 spiro atoms. The highest BCUT2D eigenvalue weighted by Gasteiger charge is 2.26. The Kier molecular flexibility index (Phi) is 4.38. The Labute approximate surface area is 112 Å². The highest BCUT2D eigenvalue weighted by Crippen LogP contribution is 2.19. The quantitative estimate of drug-likeness (QED) is 0.820. The highest BCUT2D eigenvalue weighted by atomic mass is 19.4. The largest absolute Gasteiger partial charge is 0.391 e. The summed E-state index contributed by atoms with van der Waals surface area (Å²) in [5.41, 5.74) is 6.77. The number of ether oxygens (including phenoxy) is 1. The summed E-state index contributed by atoms with van der Waals surface area (Å²) in [6.45, 7) is 0.471. The molecule has 2 N–H and O–H groups in total. The molecule has 0 aliphatic heterocycles. The lowest BCUT2D eigenvalue weighted by atomic mass is 10.4. The van der Waals surface area contributed by atoms with Crippen molar-refractivity contribution < 1.29 is 17.9 Å². The van der Waals surface area contributed by atoms with Crippen LogP contribution < -0.4 is 5.73 Å². The minimum Gasteiger partial charge on any atom is -0.382 e. The van der Waals surface area contributed by atoms with Crippen LogP contribution >= 0.6 is 0 Å². The number of hydrogen-bond acceptors (Lipinski definition) is 5. The third-order valence-electron chi connectivity index (χ3n) is 2.65. The lowest BCUT2D eigenvalue weighted by molar-refractivity contribution is -0.145. The molecular formula is C11H14F3N5O. The Morgan fingerprint density at radius 3 is 2.75 bits per heavy atom. The molecule has 0 aromatic carbocycles. The first-order chi connectivity index (χ1) is 9.47. The molecule has 0 aliphatic carbocycles. The molecule has 0 unspecified atom stereocenters. The van der Waals surface area contributed by atoms with E-state index in [0.29, 0.717) is 29.9 Å². The molecule has 9 heteroatoms. The Morgan fingerprint density at radius 1 is 1.20 bits per heavy atom. The van der Waals surface area contributed by atoms with Crippen LogP contribution in [0.4, 0.5) is 19.0 Å². The van der Waals surface area contributed by atoms with Gasteiger partial charge in [0.2, 0.25) is 0 Å². The summed E-state index contributed by atoms with van der Waals surface area (Å²) in [6.07, 6.45) is -1.62. The fraction of sp³-hybridized carbons (Fsp3) is 0.545. The summed E-state index contributed by atoms with van der Waals surface area (Å²) in [5, 5.41) is 0. The summed E-state index contributed by atoms with van der Waals surface area (Å²) >= 11 is 0. The van der Waals surface area contributed by atoms with Gasteiger partial charge < -0.3 is 15.0 Å². The van der Waals surface area contributed by atoms with Gasteiger partial charge in [-0.3, -0.25) is 0 Å². The van der Waals surface area contributed by atoms with Gasteiger partial charge in [-0.25, -0.2) is 15.0 Å². The normalized spacial score (nSPS) is 12.2. The molecule has 110 valence electrons. The van der Waals surface area contributed by atoms with Crippen LogP contribution in [0.1, 0.15) is 12.8 Å². The van der Waals surface area contributed by atoms with Crippen LogP contribution in [0.25, 0.3) is 11.2 Å². The van der Waals surface area contributed by atoms with Gasteiger partial charge in [0, 0.05) is 13.2 Å². The second-order valence-corrected chi connectivity index (χ2v) is 4.20. The van der Waals surface area contributed by atoms with Gasteiger partial charge >= 0.3 is 6.18 Å². The van der Waals surface area contributed by atoms with Gasteiger partial charge in [-0.15, -0.1) is 0 Å². The van der Waals surface area contributed by atoms with Crippen molar-refractivity contribution in [2.75, 3.05) is 18.9 Å². The molecule has 2 rings (SSSR count). The zero-order chi connectivity index (χ0) is 14.6.